The van der Waals surface area contributed by atoms with Crippen LogP contribution in [-0.2, 0) is 18.3 Å². The van der Waals surface area contributed by atoms with Crippen molar-refractivity contribution in [3.63, 3.8) is 0 Å². The SMILES string of the molecule is Cc1nn(C)c2ncc(C(=O)NCC3CCCO3)c(NCc3ccccc3)c12. The topological polar surface area (TPSA) is 81.1 Å². The summed E-state index contributed by atoms with van der Waals surface area (Å²) >= 11 is 0. The molecule has 1 fully saturated rings. The molecule has 146 valence electrons. The molecular formula is C21H25N5O2. The molecule has 1 aliphatic heterocycles. The van der Waals surface area contributed by atoms with Gasteiger partial charge in [0.2, 0.25) is 0 Å². The first-order valence-electron chi connectivity index (χ1n) is 9.63. The van der Waals surface area contributed by atoms with Gasteiger partial charge in [0, 0.05) is 32.9 Å². The van der Waals surface area contributed by atoms with Crippen molar-refractivity contribution in [3.8, 4) is 0 Å². The van der Waals surface area contributed by atoms with Gasteiger partial charge < -0.3 is 15.4 Å². The monoisotopic (exact) mass is 379 g/mol. The number of ether oxygens (including phenoxy) is 1. The molecule has 0 radical (unpaired) electrons. The average molecular weight is 379 g/mol. The number of carbonyl (C=O) groups is 1. The van der Waals surface area contributed by atoms with E-state index < -0.39 is 0 Å². The normalized spacial score (nSPS) is 16.4. The summed E-state index contributed by atoms with van der Waals surface area (Å²) in [5.41, 5.74) is 4.03. The number of carbonyl (C=O) groups excluding carboxylic acids is 1. The molecule has 3 aromatic rings. The molecule has 1 aromatic carbocycles. The summed E-state index contributed by atoms with van der Waals surface area (Å²) < 4.78 is 7.35. The maximum atomic E-state index is 12.9. The molecule has 0 spiro atoms. The van der Waals surface area contributed by atoms with E-state index in [-0.39, 0.29) is 12.0 Å². The van der Waals surface area contributed by atoms with E-state index in [0.29, 0.717) is 18.7 Å². The number of pyridine rings is 1. The van der Waals surface area contributed by atoms with Crippen LogP contribution in [0.5, 0.6) is 0 Å². The van der Waals surface area contributed by atoms with Gasteiger partial charge in [0.25, 0.3) is 5.91 Å². The molecule has 1 amide bonds. The second-order valence-electron chi connectivity index (χ2n) is 7.14. The third-order valence-corrected chi connectivity index (χ3v) is 5.10. The molecule has 2 aromatic heterocycles. The van der Waals surface area contributed by atoms with E-state index in [1.54, 1.807) is 10.9 Å². The van der Waals surface area contributed by atoms with Crippen molar-refractivity contribution in [3.05, 3.63) is 53.3 Å². The Kier molecular flexibility index (Phi) is 5.25. The zero-order valence-electron chi connectivity index (χ0n) is 16.2. The molecule has 0 bridgehead atoms. The fourth-order valence-corrected chi connectivity index (χ4v) is 3.66. The van der Waals surface area contributed by atoms with Crippen LogP contribution in [0.25, 0.3) is 11.0 Å². The van der Waals surface area contributed by atoms with Gasteiger partial charge in [-0.1, -0.05) is 30.3 Å². The Morgan fingerprint density at radius 3 is 2.89 bits per heavy atom. The quantitative estimate of drug-likeness (QED) is 0.688. The number of amides is 1. The van der Waals surface area contributed by atoms with E-state index in [9.17, 15) is 4.79 Å². The minimum Gasteiger partial charge on any atom is -0.380 e. The van der Waals surface area contributed by atoms with Crippen LogP contribution in [0.2, 0.25) is 0 Å². The van der Waals surface area contributed by atoms with Crippen molar-refractivity contribution in [1.82, 2.24) is 20.1 Å². The van der Waals surface area contributed by atoms with Crippen LogP contribution >= 0.6 is 0 Å². The highest BCUT2D eigenvalue weighted by molar-refractivity contribution is 6.07. The number of hydrogen-bond acceptors (Lipinski definition) is 5. The number of fused-ring (bicyclic) bond motifs is 1. The van der Waals surface area contributed by atoms with Gasteiger partial charge in [-0.2, -0.15) is 5.10 Å². The zero-order chi connectivity index (χ0) is 19.5. The fraction of sp³-hybridized carbons (Fsp3) is 0.381. The summed E-state index contributed by atoms with van der Waals surface area (Å²) in [6, 6.07) is 10.1. The lowest BCUT2D eigenvalue weighted by Crippen LogP contribution is -2.32. The summed E-state index contributed by atoms with van der Waals surface area (Å²) in [5.74, 6) is -0.149. The second kappa shape index (κ2) is 7.98. The van der Waals surface area contributed by atoms with Crippen molar-refractivity contribution in [2.24, 2.45) is 7.05 Å². The first-order chi connectivity index (χ1) is 13.6. The van der Waals surface area contributed by atoms with Crippen LogP contribution in [0.3, 0.4) is 0 Å². The molecule has 0 aliphatic carbocycles. The number of rotatable bonds is 6. The van der Waals surface area contributed by atoms with Gasteiger partial charge in [-0.05, 0) is 25.3 Å². The van der Waals surface area contributed by atoms with Gasteiger partial charge in [0.05, 0.1) is 28.4 Å². The van der Waals surface area contributed by atoms with Gasteiger partial charge in [0.1, 0.15) is 0 Å². The fourth-order valence-electron chi connectivity index (χ4n) is 3.66. The van der Waals surface area contributed by atoms with Gasteiger partial charge >= 0.3 is 0 Å². The maximum Gasteiger partial charge on any atom is 0.255 e. The van der Waals surface area contributed by atoms with Gasteiger partial charge in [-0.3, -0.25) is 9.48 Å². The van der Waals surface area contributed by atoms with Crippen LogP contribution in [0.4, 0.5) is 5.69 Å². The third-order valence-electron chi connectivity index (χ3n) is 5.10. The second-order valence-corrected chi connectivity index (χ2v) is 7.14. The predicted molar refractivity (Wildman–Crippen MR) is 108 cm³/mol. The lowest BCUT2D eigenvalue weighted by molar-refractivity contribution is 0.0858. The number of hydrogen-bond donors (Lipinski definition) is 2. The van der Waals surface area contributed by atoms with E-state index in [4.69, 9.17) is 4.74 Å². The molecule has 3 heterocycles. The van der Waals surface area contributed by atoms with Gasteiger partial charge in [-0.25, -0.2) is 4.98 Å². The lowest BCUT2D eigenvalue weighted by Gasteiger charge is -2.15. The highest BCUT2D eigenvalue weighted by Crippen LogP contribution is 2.29. The van der Waals surface area contributed by atoms with Gasteiger partial charge in [-0.15, -0.1) is 0 Å². The molecule has 7 nitrogen and oxygen atoms in total. The van der Waals surface area contributed by atoms with Crippen LogP contribution in [0.15, 0.2) is 36.5 Å². The minimum absolute atomic E-state index is 0.0986. The number of aryl methyl sites for hydroxylation is 2. The summed E-state index contributed by atoms with van der Waals surface area (Å²) in [7, 11) is 1.86. The van der Waals surface area contributed by atoms with E-state index in [1.165, 1.54) is 0 Å². The first-order valence-corrected chi connectivity index (χ1v) is 9.63. The van der Waals surface area contributed by atoms with Crippen molar-refractivity contribution < 1.29 is 9.53 Å². The standard InChI is InChI=1S/C21H25N5O2/c1-14-18-19(22-11-15-7-4-3-5-8-15)17(13-23-20(18)26(2)25-14)21(27)24-12-16-9-6-10-28-16/h3-5,7-8,13,16H,6,9-12H2,1-2H3,(H,22,23)(H,24,27). The van der Waals surface area contributed by atoms with E-state index >= 15 is 0 Å². The predicted octanol–water partition coefficient (Wildman–Crippen LogP) is 2.80. The number of anilines is 1. The van der Waals surface area contributed by atoms with Crippen molar-refractivity contribution in [1.29, 1.82) is 0 Å². The summed E-state index contributed by atoms with van der Waals surface area (Å²) in [4.78, 5) is 17.4. The third kappa shape index (κ3) is 3.71. The van der Waals surface area contributed by atoms with Crippen molar-refractivity contribution >= 4 is 22.6 Å². The Balaban J connectivity index is 1.64. The Labute approximate surface area is 164 Å². The minimum atomic E-state index is -0.149. The number of benzene rings is 1. The molecule has 7 heteroatoms. The molecule has 28 heavy (non-hydrogen) atoms. The summed E-state index contributed by atoms with van der Waals surface area (Å²) in [6.07, 6.45) is 3.76. The molecule has 4 rings (SSSR count). The molecule has 1 aliphatic rings. The molecule has 1 unspecified atom stereocenters. The summed E-state index contributed by atoms with van der Waals surface area (Å²) in [6.45, 7) is 3.83. The maximum absolute atomic E-state index is 12.9. The number of nitrogens with one attached hydrogen (secondary N) is 2. The molecule has 1 saturated heterocycles. The Morgan fingerprint density at radius 1 is 1.32 bits per heavy atom. The Bertz CT molecular complexity index is 977. The van der Waals surface area contributed by atoms with Crippen LogP contribution in [0.1, 0.15) is 34.5 Å². The molecule has 1 atom stereocenters. The van der Waals surface area contributed by atoms with Crippen LogP contribution in [0, 0.1) is 6.92 Å². The highest BCUT2D eigenvalue weighted by Gasteiger charge is 2.21. The van der Waals surface area contributed by atoms with E-state index in [1.807, 2.05) is 32.2 Å². The smallest absolute Gasteiger partial charge is 0.255 e. The summed E-state index contributed by atoms with van der Waals surface area (Å²) in [5, 5.41) is 11.8. The Morgan fingerprint density at radius 2 is 2.14 bits per heavy atom. The van der Waals surface area contributed by atoms with Crippen molar-refractivity contribution in [2.45, 2.75) is 32.4 Å². The first kappa shape index (κ1) is 18.4. The van der Waals surface area contributed by atoms with Gasteiger partial charge in [0.15, 0.2) is 5.65 Å². The highest BCUT2D eigenvalue weighted by atomic mass is 16.5. The number of nitrogens with zero attached hydrogens (tertiary/aromatic N) is 3. The number of aromatic nitrogens is 3. The zero-order valence-corrected chi connectivity index (χ0v) is 16.2. The van der Waals surface area contributed by atoms with E-state index in [2.05, 4.69) is 32.8 Å². The van der Waals surface area contributed by atoms with Crippen LogP contribution in [-0.4, -0.2) is 39.9 Å². The van der Waals surface area contributed by atoms with Crippen molar-refractivity contribution in [2.75, 3.05) is 18.5 Å². The largest absolute Gasteiger partial charge is 0.380 e. The molecular weight excluding hydrogens is 354 g/mol. The average Bonchev–Trinajstić information content (AvgIpc) is 3.33. The lowest BCUT2D eigenvalue weighted by atomic mass is 10.1. The molecule has 0 saturated carbocycles. The van der Waals surface area contributed by atoms with Crippen LogP contribution < -0.4 is 10.6 Å². The molecule has 2 N–H and O–H groups in total. The van der Waals surface area contributed by atoms with E-state index in [0.717, 1.165) is 47.4 Å². The Hall–Kier alpha value is -2.93.